The standard InChI is InChI=1S/C27H27N5O4/c1-15-13-28-17(3)24(29-15)18-11-19-14-32(9-10-36-25(19)22(12-18)35-4)27(34)16(2)23-20-7-5-6-8-21(20)26(33)31-30-23/h5-8,11-13,16H,9-10,14H2,1-4H3,(H,31,33)/t16-/m0/s1. The molecular formula is C27H27N5O4. The Bertz CT molecular complexity index is 1530. The van der Waals surface area contributed by atoms with Crippen molar-refractivity contribution in [1.82, 2.24) is 25.1 Å². The number of fused-ring (bicyclic) bond motifs is 2. The number of ether oxygens (including phenoxy) is 2. The highest BCUT2D eigenvalue weighted by Crippen LogP contribution is 2.39. The second-order valence-corrected chi connectivity index (χ2v) is 8.93. The number of aromatic amines is 1. The molecule has 9 nitrogen and oxygen atoms in total. The molecule has 184 valence electrons. The molecule has 3 heterocycles. The van der Waals surface area contributed by atoms with E-state index >= 15 is 0 Å². The van der Waals surface area contributed by atoms with E-state index in [0.717, 1.165) is 28.2 Å². The zero-order chi connectivity index (χ0) is 25.4. The lowest BCUT2D eigenvalue weighted by atomic mass is 9.99. The summed E-state index contributed by atoms with van der Waals surface area (Å²) in [6.45, 7) is 6.68. The van der Waals surface area contributed by atoms with Gasteiger partial charge in [0.05, 0.1) is 47.7 Å². The second kappa shape index (κ2) is 9.41. The summed E-state index contributed by atoms with van der Waals surface area (Å²) in [5.41, 5.74) is 4.30. The van der Waals surface area contributed by atoms with Crippen molar-refractivity contribution < 1.29 is 14.3 Å². The average Bonchev–Trinajstić information content (AvgIpc) is 3.11. The average molecular weight is 486 g/mol. The van der Waals surface area contributed by atoms with Gasteiger partial charge in [0.25, 0.3) is 5.56 Å². The lowest BCUT2D eigenvalue weighted by Crippen LogP contribution is -2.36. The van der Waals surface area contributed by atoms with Crippen LogP contribution in [0.1, 0.15) is 35.5 Å². The number of carbonyl (C=O) groups is 1. The fourth-order valence-electron chi connectivity index (χ4n) is 4.63. The molecule has 1 amide bonds. The Hall–Kier alpha value is -4.27. The largest absolute Gasteiger partial charge is 0.493 e. The highest BCUT2D eigenvalue weighted by Gasteiger charge is 2.29. The summed E-state index contributed by atoms with van der Waals surface area (Å²) in [6.07, 6.45) is 1.74. The van der Waals surface area contributed by atoms with Gasteiger partial charge in [-0.2, -0.15) is 5.10 Å². The van der Waals surface area contributed by atoms with Crippen LogP contribution in [0.15, 0.2) is 47.4 Å². The van der Waals surface area contributed by atoms with E-state index in [1.54, 1.807) is 30.3 Å². The second-order valence-electron chi connectivity index (χ2n) is 8.93. The van der Waals surface area contributed by atoms with Gasteiger partial charge in [-0.25, -0.2) is 10.1 Å². The predicted octanol–water partition coefficient (Wildman–Crippen LogP) is 3.53. The number of hydrogen-bond acceptors (Lipinski definition) is 7. The van der Waals surface area contributed by atoms with Crippen molar-refractivity contribution in [3.05, 3.63) is 75.6 Å². The van der Waals surface area contributed by atoms with Crippen LogP contribution in [0.3, 0.4) is 0 Å². The van der Waals surface area contributed by atoms with E-state index in [2.05, 4.69) is 20.2 Å². The number of rotatable bonds is 4. The Balaban J connectivity index is 1.52. The van der Waals surface area contributed by atoms with Gasteiger partial charge in [-0.3, -0.25) is 14.6 Å². The van der Waals surface area contributed by atoms with Crippen LogP contribution in [0.4, 0.5) is 0 Å². The van der Waals surface area contributed by atoms with Crippen LogP contribution >= 0.6 is 0 Å². The number of methoxy groups -OCH3 is 1. The molecule has 0 spiro atoms. The Kier molecular flexibility index (Phi) is 6.13. The van der Waals surface area contributed by atoms with Gasteiger partial charge in [-0.15, -0.1) is 0 Å². The quantitative estimate of drug-likeness (QED) is 0.471. The molecule has 0 radical (unpaired) electrons. The molecule has 5 rings (SSSR count). The molecule has 36 heavy (non-hydrogen) atoms. The van der Waals surface area contributed by atoms with E-state index in [-0.39, 0.29) is 11.5 Å². The first-order chi connectivity index (χ1) is 17.4. The van der Waals surface area contributed by atoms with E-state index in [4.69, 9.17) is 9.47 Å². The number of H-pyrrole nitrogens is 1. The molecule has 1 aliphatic rings. The zero-order valence-electron chi connectivity index (χ0n) is 20.7. The summed E-state index contributed by atoms with van der Waals surface area (Å²) >= 11 is 0. The third-order valence-electron chi connectivity index (χ3n) is 6.49. The molecule has 1 atom stereocenters. The van der Waals surface area contributed by atoms with Crippen LogP contribution < -0.4 is 15.0 Å². The molecule has 0 unspecified atom stereocenters. The number of aromatic nitrogens is 4. The van der Waals surface area contributed by atoms with E-state index in [0.29, 0.717) is 47.7 Å². The van der Waals surface area contributed by atoms with Crippen LogP contribution in [0.5, 0.6) is 11.5 Å². The van der Waals surface area contributed by atoms with Gasteiger partial charge in [0, 0.05) is 29.3 Å². The minimum absolute atomic E-state index is 0.105. The minimum Gasteiger partial charge on any atom is -0.493 e. The number of aryl methyl sites for hydroxylation is 2. The number of nitrogens with one attached hydrogen (secondary N) is 1. The number of carbonyl (C=O) groups excluding carboxylic acids is 1. The molecular weight excluding hydrogens is 458 g/mol. The molecule has 0 saturated carbocycles. The molecule has 0 fully saturated rings. The molecule has 1 aliphatic heterocycles. The van der Waals surface area contributed by atoms with Crippen molar-refractivity contribution in [3.8, 4) is 22.8 Å². The molecule has 2 aromatic carbocycles. The first-order valence-electron chi connectivity index (χ1n) is 11.8. The topological polar surface area (TPSA) is 110 Å². The summed E-state index contributed by atoms with van der Waals surface area (Å²) in [6, 6.07) is 11.1. The molecule has 0 bridgehead atoms. The molecule has 1 N–H and O–H groups in total. The van der Waals surface area contributed by atoms with Gasteiger partial charge in [0.15, 0.2) is 11.5 Å². The third kappa shape index (κ3) is 4.17. The summed E-state index contributed by atoms with van der Waals surface area (Å²) in [7, 11) is 1.60. The van der Waals surface area contributed by atoms with E-state index in [1.165, 1.54) is 0 Å². The number of hydrogen-bond donors (Lipinski definition) is 1. The Morgan fingerprint density at radius 3 is 2.75 bits per heavy atom. The first-order valence-corrected chi connectivity index (χ1v) is 11.8. The summed E-state index contributed by atoms with van der Waals surface area (Å²) in [5, 5.41) is 7.95. The van der Waals surface area contributed by atoms with E-state index < -0.39 is 5.92 Å². The summed E-state index contributed by atoms with van der Waals surface area (Å²) in [5.74, 6) is 0.534. The Morgan fingerprint density at radius 1 is 1.19 bits per heavy atom. The monoisotopic (exact) mass is 485 g/mol. The first kappa shape index (κ1) is 23.5. The maximum Gasteiger partial charge on any atom is 0.272 e. The Labute approximate surface area is 208 Å². The van der Waals surface area contributed by atoms with Gasteiger partial charge >= 0.3 is 0 Å². The predicted molar refractivity (Wildman–Crippen MR) is 135 cm³/mol. The molecule has 0 saturated heterocycles. The number of benzene rings is 2. The molecule has 0 aliphatic carbocycles. The van der Waals surface area contributed by atoms with E-state index in [1.807, 2.05) is 45.0 Å². The fraction of sp³-hybridized carbons (Fsp3) is 0.296. The van der Waals surface area contributed by atoms with Crippen molar-refractivity contribution in [3.63, 3.8) is 0 Å². The number of nitrogens with zero attached hydrogens (tertiary/aromatic N) is 4. The summed E-state index contributed by atoms with van der Waals surface area (Å²) < 4.78 is 11.7. The van der Waals surface area contributed by atoms with Crippen LogP contribution in [0, 0.1) is 13.8 Å². The van der Waals surface area contributed by atoms with Crippen molar-refractivity contribution in [2.24, 2.45) is 0 Å². The minimum atomic E-state index is -0.566. The van der Waals surface area contributed by atoms with Crippen LogP contribution in [0.25, 0.3) is 22.0 Å². The van der Waals surface area contributed by atoms with Crippen molar-refractivity contribution in [2.45, 2.75) is 33.2 Å². The lowest BCUT2D eigenvalue weighted by molar-refractivity contribution is -0.133. The third-order valence-corrected chi connectivity index (χ3v) is 6.49. The van der Waals surface area contributed by atoms with Crippen molar-refractivity contribution in [2.75, 3.05) is 20.3 Å². The maximum absolute atomic E-state index is 13.7. The van der Waals surface area contributed by atoms with Crippen LogP contribution in [-0.4, -0.2) is 51.2 Å². The van der Waals surface area contributed by atoms with Crippen LogP contribution in [-0.2, 0) is 11.3 Å². The molecule has 2 aromatic heterocycles. The fourth-order valence-corrected chi connectivity index (χ4v) is 4.63. The van der Waals surface area contributed by atoms with Crippen molar-refractivity contribution in [1.29, 1.82) is 0 Å². The smallest absolute Gasteiger partial charge is 0.272 e. The van der Waals surface area contributed by atoms with Gasteiger partial charge in [-0.05, 0) is 39.0 Å². The molecule has 4 aromatic rings. The van der Waals surface area contributed by atoms with E-state index in [9.17, 15) is 9.59 Å². The Morgan fingerprint density at radius 2 is 1.97 bits per heavy atom. The highest BCUT2D eigenvalue weighted by molar-refractivity contribution is 5.91. The summed E-state index contributed by atoms with van der Waals surface area (Å²) in [4.78, 5) is 36.8. The normalized spacial score (nSPS) is 14.1. The number of amides is 1. The zero-order valence-corrected chi connectivity index (χ0v) is 20.7. The SMILES string of the molecule is COc1cc(-c2nc(C)cnc2C)cc2c1OCCN(C(=O)[C@@H](C)c1n[nH]c(=O)c3ccccc13)C2. The van der Waals surface area contributed by atoms with Crippen LogP contribution in [0.2, 0.25) is 0 Å². The molecule has 9 heteroatoms. The lowest BCUT2D eigenvalue weighted by Gasteiger charge is -2.24. The highest BCUT2D eigenvalue weighted by atomic mass is 16.5. The van der Waals surface area contributed by atoms with Gasteiger partial charge in [0.2, 0.25) is 5.91 Å². The van der Waals surface area contributed by atoms with Gasteiger partial charge in [0.1, 0.15) is 6.61 Å². The van der Waals surface area contributed by atoms with Gasteiger partial charge in [-0.1, -0.05) is 18.2 Å². The van der Waals surface area contributed by atoms with Gasteiger partial charge < -0.3 is 14.4 Å². The van der Waals surface area contributed by atoms with Crippen molar-refractivity contribution >= 4 is 16.7 Å². The maximum atomic E-state index is 13.7.